The Morgan fingerprint density at radius 3 is 1.74 bits per heavy atom. The molecule has 1 amide bonds. The normalized spacial score (nSPS) is 11.9. The molecule has 2 N–H and O–H groups in total. The fraction of sp³-hybridized carbons (Fsp3) is 0.200. The van der Waals surface area contributed by atoms with Crippen LogP contribution in [-0.4, -0.2) is 72.7 Å². The number of ether oxygens (including phenoxy) is 5. The summed E-state index contributed by atoms with van der Waals surface area (Å²) in [6, 6.07) is 14.2. The number of carboxylic acid groups (broad SMARTS) is 1. The number of methoxy groups -OCH3 is 3. The maximum Gasteiger partial charge on any atom is 0.349 e. The van der Waals surface area contributed by atoms with Gasteiger partial charge in [0, 0.05) is 6.07 Å². The number of carbonyl (C=O) groups is 4. The van der Waals surface area contributed by atoms with Crippen molar-refractivity contribution in [3.05, 3.63) is 71.8 Å². The number of carbonyl (C=O) groups excluding carboxylic acids is 3. The summed E-state index contributed by atoms with van der Waals surface area (Å²) in [5.41, 5.74) is -0.107. The van der Waals surface area contributed by atoms with E-state index in [9.17, 15) is 24.3 Å². The van der Waals surface area contributed by atoms with E-state index in [1.54, 1.807) is 12.1 Å². The van der Waals surface area contributed by atoms with Gasteiger partial charge in [-0.3, -0.25) is 4.79 Å². The smallest absolute Gasteiger partial charge is 0.349 e. The molecule has 13 heteroatoms. The van der Waals surface area contributed by atoms with Crippen molar-refractivity contribution in [3.63, 3.8) is 0 Å². The first kappa shape index (κ1) is 27.4. The Bertz CT molecular complexity index is 1310. The highest BCUT2D eigenvalue weighted by molar-refractivity contribution is 6.01. The largest absolute Gasteiger partial charge is 0.497 e. The molecule has 13 nitrogen and oxygen atoms in total. The van der Waals surface area contributed by atoms with Crippen molar-refractivity contribution in [1.82, 2.24) is 10.2 Å². The highest BCUT2D eigenvalue weighted by atomic mass is 16.6. The molecule has 0 fully saturated rings. The maximum absolute atomic E-state index is 13.1. The highest BCUT2D eigenvalue weighted by Gasteiger charge is 2.41. The second kappa shape index (κ2) is 12.7. The van der Waals surface area contributed by atoms with Crippen molar-refractivity contribution >= 4 is 29.6 Å². The number of esters is 2. The molecule has 1 aromatic heterocycles. The molecule has 3 aromatic rings. The van der Waals surface area contributed by atoms with Gasteiger partial charge in [-0.05, 0) is 42.5 Å². The van der Waals surface area contributed by atoms with Crippen LogP contribution in [0.15, 0.2) is 60.7 Å². The monoisotopic (exact) mass is 525 g/mol. The predicted molar refractivity (Wildman–Crippen MR) is 129 cm³/mol. The van der Waals surface area contributed by atoms with Crippen LogP contribution in [0, 0.1) is 0 Å². The lowest BCUT2D eigenvalue weighted by Gasteiger charge is -2.23. The Labute approximate surface area is 216 Å². The van der Waals surface area contributed by atoms with Crippen molar-refractivity contribution in [1.29, 1.82) is 0 Å². The van der Waals surface area contributed by atoms with E-state index in [0.29, 0.717) is 11.5 Å². The predicted octanol–water partition coefficient (Wildman–Crippen LogP) is 1.98. The van der Waals surface area contributed by atoms with Crippen LogP contribution < -0.4 is 19.5 Å². The molecular weight excluding hydrogens is 502 g/mol. The van der Waals surface area contributed by atoms with Gasteiger partial charge in [-0.1, -0.05) is 12.1 Å². The van der Waals surface area contributed by atoms with Crippen LogP contribution in [0.3, 0.4) is 0 Å². The van der Waals surface area contributed by atoms with E-state index in [-0.39, 0.29) is 22.8 Å². The van der Waals surface area contributed by atoms with Gasteiger partial charge in [-0.25, -0.2) is 14.4 Å². The first-order valence-corrected chi connectivity index (χ1v) is 10.9. The maximum atomic E-state index is 13.1. The van der Waals surface area contributed by atoms with Gasteiger partial charge in [-0.2, -0.15) is 0 Å². The third kappa shape index (κ3) is 6.94. The zero-order valence-corrected chi connectivity index (χ0v) is 20.4. The van der Waals surface area contributed by atoms with Gasteiger partial charge < -0.3 is 34.1 Å². The van der Waals surface area contributed by atoms with Crippen molar-refractivity contribution in [2.24, 2.45) is 0 Å². The average molecular weight is 525 g/mol. The number of carboxylic acids is 1. The standard InChI is InChI=1S/C25H23N3O10/c1-34-16-8-4-6-14(12-16)24(32)37-20(22(29)26-18-10-11-19(36-3)28-27-18)21(23(30)31)38-25(33)15-7-5-9-17(13-15)35-2/h4-13,20-21H,1-3H3,(H,30,31)(H,26,27,29)/t20-,21-/m1/s1. The van der Waals surface area contributed by atoms with Crippen molar-refractivity contribution < 1.29 is 48.0 Å². The zero-order chi connectivity index (χ0) is 27.7. The van der Waals surface area contributed by atoms with Gasteiger partial charge in [0.05, 0.1) is 32.5 Å². The molecule has 0 spiro atoms. The van der Waals surface area contributed by atoms with Crippen LogP contribution in [0.5, 0.6) is 17.4 Å². The molecule has 1 heterocycles. The first-order chi connectivity index (χ1) is 18.2. The molecule has 0 radical (unpaired) electrons. The van der Waals surface area contributed by atoms with Crippen molar-refractivity contribution in [2.75, 3.05) is 26.6 Å². The summed E-state index contributed by atoms with van der Waals surface area (Å²) in [6.07, 6.45) is -4.38. The minimum absolute atomic E-state index is 0.0466. The number of amides is 1. The van der Waals surface area contributed by atoms with Crippen LogP contribution in [0.25, 0.3) is 0 Å². The van der Waals surface area contributed by atoms with Crippen LogP contribution in [0.4, 0.5) is 5.82 Å². The van der Waals surface area contributed by atoms with E-state index in [1.165, 1.54) is 69.9 Å². The second-order valence-corrected chi connectivity index (χ2v) is 7.40. The zero-order valence-electron chi connectivity index (χ0n) is 20.4. The molecule has 3 rings (SSSR count). The van der Waals surface area contributed by atoms with E-state index in [2.05, 4.69) is 15.5 Å². The van der Waals surface area contributed by atoms with E-state index < -0.39 is 36.0 Å². The average Bonchev–Trinajstić information content (AvgIpc) is 2.94. The quantitative estimate of drug-likeness (QED) is 0.349. The summed E-state index contributed by atoms with van der Waals surface area (Å²) in [5.74, 6) is -4.41. The fourth-order valence-corrected chi connectivity index (χ4v) is 3.05. The number of rotatable bonds is 11. The molecule has 0 unspecified atom stereocenters. The third-order valence-electron chi connectivity index (χ3n) is 4.96. The van der Waals surface area contributed by atoms with E-state index >= 15 is 0 Å². The summed E-state index contributed by atoms with van der Waals surface area (Å²) < 4.78 is 25.4. The Kier molecular flexibility index (Phi) is 9.13. The van der Waals surface area contributed by atoms with Gasteiger partial charge in [-0.15, -0.1) is 10.2 Å². The van der Waals surface area contributed by atoms with Crippen molar-refractivity contribution in [3.8, 4) is 17.4 Å². The van der Waals surface area contributed by atoms with Crippen LogP contribution in [-0.2, 0) is 19.1 Å². The number of anilines is 1. The molecule has 0 aliphatic carbocycles. The Balaban J connectivity index is 1.92. The molecule has 38 heavy (non-hydrogen) atoms. The van der Waals surface area contributed by atoms with Gasteiger partial charge >= 0.3 is 17.9 Å². The molecule has 0 aliphatic rings. The van der Waals surface area contributed by atoms with Gasteiger partial charge in [0.25, 0.3) is 5.91 Å². The molecule has 0 aliphatic heterocycles. The van der Waals surface area contributed by atoms with Crippen LogP contribution in [0.1, 0.15) is 20.7 Å². The van der Waals surface area contributed by atoms with Crippen molar-refractivity contribution in [2.45, 2.75) is 12.2 Å². The number of hydrogen-bond donors (Lipinski definition) is 2. The molecule has 0 saturated carbocycles. The molecule has 0 bridgehead atoms. The number of nitrogens with zero attached hydrogens (tertiary/aromatic N) is 2. The number of nitrogens with one attached hydrogen (secondary N) is 1. The lowest BCUT2D eigenvalue weighted by atomic mass is 10.1. The van der Waals surface area contributed by atoms with E-state index in [4.69, 9.17) is 23.7 Å². The molecule has 2 aromatic carbocycles. The minimum Gasteiger partial charge on any atom is -0.497 e. The Morgan fingerprint density at radius 2 is 1.29 bits per heavy atom. The minimum atomic E-state index is -2.24. The molecule has 0 saturated heterocycles. The summed E-state index contributed by atoms with van der Waals surface area (Å²) >= 11 is 0. The molecule has 198 valence electrons. The second-order valence-electron chi connectivity index (χ2n) is 7.40. The van der Waals surface area contributed by atoms with Crippen LogP contribution in [0.2, 0.25) is 0 Å². The summed E-state index contributed by atoms with van der Waals surface area (Å²) in [6.45, 7) is 0. The highest BCUT2D eigenvalue weighted by Crippen LogP contribution is 2.19. The fourth-order valence-electron chi connectivity index (χ4n) is 3.05. The Morgan fingerprint density at radius 1 is 0.737 bits per heavy atom. The number of aromatic nitrogens is 2. The van der Waals surface area contributed by atoms with Gasteiger partial charge in [0.1, 0.15) is 11.5 Å². The van der Waals surface area contributed by atoms with E-state index in [1.807, 2.05) is 0 Å². The molecular formula is C25H23N3O10. The number of aliphatic carboxylic acids is 1. The van der Waals surface area contributed by atoms with Gasteiger partial charge in [0.15, 0.2) is 5.82 Å². The lowest BCUT2D eigenvalue weighted by molar-refractivity contribution is -0.157. The van der Waals surface area contributed by atoms with Gasteiger partial charge in [0.2, 0.25) is 18.1 Å². The third-order valence-corrected chi connectivity index (χ3v) is 4.96. The van der Waals surface area contributed by atoms with E-state index in [0.717, 1.165) is 0 Å². The number of benzene rings is 2. The summed E-state index contributed by atoms with van der Waals surface area (Å²) in [7, 11) is 4.13. The lowest BCUT2D eigenvalue weighted by Crippen LogP contribution is -2.48. The first-order valence-electron chi connectivity index (χ1n) is 10.9. The Hall–Kier alpha value is -5.20. The number of hydrogen-bond acceptors (Lipinski definition) is 11. The summed E-state index contributed by atoms with van der Waals surface area (Å²) in [4.78, 5) is 50.9. The SMILES string of the molecule is COc1cccc(C(=O)O[C@@H](C(=O)O)[C@@H](OC(=O)c2cccc(OC)c2)C(=O)Nc2ccc(OC)nn2)c1. The van der Waals surface area contributed by atoms with Crippen LogP contribution >= 0.6 is 0 Å². The molecule has 2 atom stereocenters. The summed E-state index contributed by atoms with van der Waals surface area (Å²) in [5, 5.41) is 19.6. The topological polar surface area (TPSA) is 172 Å².